The van der Waals surface area contributed by atoms with Crippen LogP contribution in [0.5, 0.6) is 0 Å². The van der Waals surface area contributed by atoms with Gasteiger partial charge in [0.15, 0.2) is 0 Å². The second-order valence-electron chi connectivity index (χ2n) is 6.01. The lowest BCUT2D eigenvalue weighted by molar-refractivity contribution is 0.372. The molecule has 0 saturated carbocycles. The predicted molar refractivity (Wildman–Crippen MR) is 84.6 cm³/mol. The number of aryl methyl sites for hydroxylation is 2. The second kappa shape index (κ2) is 5.80. The van der Waals surface area contributed by atoms with Gasteiger partial charge in [0.2, 0.25) is 0 Å². The maximum absolute atomic E-state index is 6.82. The first-order valence-electron chi connectivity index (χ1n) is 7.69. The number of rotatable bonds is 3. The van der Waals surface area contributed by atoms with E-state index in [1.54, 1.807) is 0 Å². The predicted octanol–water partition coefficient (Wildman–Crippen LogP) is 4.20. The highest BCUT2D eigenvalue weighted by Gasteiger charge is 2.30. The molecule has 1 nitrogen and oxygen atoms in total. The second-order valence-corrected chi connectivity index (χ2v) is 6.01. The normalized spacial score (nSPS) is 22.1. The number of nitrogens with two attached hydrogens (primary N) is 1. The largest absolute Gasteiger partial charge is 0.321 e. The maximum atomic E-state index is 6.82. The monoisotopic (exact) mass is 265 g/mol. The van der Waals surface area contributed by atoms with E-state index >= 15 is 0 Å². The Balaban J connectivity index is 1.83. The standard InChI is InChI=1S/C19H23N/c20-19(15-13-16-8-2-1-3-9-16)14-7-6-11-17-10-4-5-12-18(17)19/h1-5,8-10,12H,6-7,11,13-15,20H2. The summed E-state index contributed by atoms with van der Waals surface area (Å²) in [6.45, 7) is 0. The maximum Gasteiger partial charge on any atom is 0.0415 e. The van der Waals surface area contributed by atoms with Gasteiger partial charge < -0.3 is 5.73 Å². The third-order valence-electron chi connectivity index (χ3n) is 4.58. The third-order valence-corrected chi connectivity index (χ3v) is 4.58. The molecule has 1 aliphatic carbocycles. The molecule has 0 bridgehead atoms. The SMILES string of the molecule is NC1(CCc2ccccc2)CCCCc2ccccc21. The van der Waals surface area contributed by atoms with Crippen LogP contribution in [-0.2, 0) is 18.4 Å². The molecular formula is C19H23N. The van der Waals surface area contributed by atoms with Crippen molar-refractivity contribution in [3.05, 3.63) is 71.3 Å². The van der Waals surface area contributed by atoms with Gasteiger partial charge in [-0.25, -0.2) is 0 Å². The minimum Gasteiger partial charge on any atom is -0.321 e. The Bertz CT molecular complexity index is 561. The van der Waals surface area contributed by atoms with Gasteiger partial charge in [0.1, 0.15) is 0 Å². The highest BCUT2D eigenvalue weighted by molar-refractivity contribution is 5.35. The highest BCUT2D eigenvalue weighted by Crippen LogP contribution is 2.35. The van der Waals surface area contributed by atoms with Crippen LogP contribution >= 0.6 is 0 Å². The van der Waals surface area contributed by atoms with E-state index in [1.165, 1.54) is 36.0 Å². The van der Waals surface area contributed by atoms with Crippen molar-refractivity contribution in [1.82, 2.24) is 0 Å². The molecule has 1 unspecified atom stereocenters. The van der Waals surface area contributed by atoms with Crippen molar-refractivity contribution in [2.75, 3.05) is 0 Å². The van der Waals surface area contributed by atoms with Crippen molar-refractivity contribution in [3.63, 3.8) is 0 Å². The molecule has 0 amide bonds. The topological polar surface area (TPSA) is 26.0 Å². The molecule has 20 heavy (non-hydrogen) atoms. The van der Waals surface area contributed by atoms with Gasteiger partial charge in [-0.1, -0.05) is 61.0 Å². The van der Waals surface area contributed by atoms with Crippen LogP contribution in [0.3, 0.4) is 0 Å². The zero-order valence-corrected chi connectivity index (χ0v) is 12.0. The van der Waals surface area contributed by atoms with E-state index < -0.39 is 0 Å². The Hall–Kier alpha value is -1.60. The minimum atomic E-state index is -0.150. The molecule has 2 N–H and O–H groups in total. The van der Waals surface area contributed by atoms with E-state index in [4.69, 9.17) is 5.73 Å². The zero-order valence-electron chi connectivity index (χ0n) is 12.0. The summed E-state index contributed by atoms with van der Waals surface area (Å²) < 4.78 is 0. The molecule has 104 valence electrons. The zero-order chi connectivity index (χ0) is 13.8. The van der Waals surface area contributed by atoms with Crippen molar-refractivity contribution in [2.24, 2.45) is 5.73 Å². The summed E-state index contributed by atoms with van der Waals surface area (Å²) in [4.78, 5) is 0. The summed E-state index contributed by atoms with van der Waals surface area (Å²) in [5.41, 5.74) is 10.9. The van der Waals surface area contributed by atoms with Gasteiger partial charge in [0.25, 0.3) is 0 Å². The Morgan fingerprint density at radius 2 is 1.65 bits per heavy atom. The Morgan fingerprint density at radius 3 is 2.50 bits per heavy atom. The molecule has 0 radical (unpaired) electrons. The lowest BCUT2D eigenvalue weighted by Crippen LogP contribution is -2.37. The van der Waals surface area contributed by atoms with Crippen LogP contribution in [-0.4, -0.2) is 0 Å². The Morgan fingerprint density at radius 1 is 0.900 bits per heavy atom. The first kappa shape index (κ1) is 13.4. The van der Waals surface area contributed by atoms with Crippen molar-refractivity contribution in [2.45, 2.75) is 44.1 Å². The summed E-state index contributed by atoms with van der Waals surface area (Å²) in [7, 11) is 0. The fourth-order valence-electron chi connectivity index (χ4n) is 3.39. The molecule has 1 aliphatic rings. The summed E-state index contributed by atoms with van der Waals surface area (Å²) in [5, 5.41) is 0. The molecule has 0 aliphatic heterocycles. The molecule has 0 saturated heterocycles. The first-order valence-corrected chi connectivity index (χ1v) is 7.69. The van der Waals surface area contributed by atoms with Crippen LogP contribution in [0.4, 0.5) is 0 Å². The molecule has 0 spiro atoms. The van der Waals surface area contributed by atoms with Crippen molar-refractivity contribution >= 4 is 0 Å². The lowest BCUT2D eigenvalue weighted by atomic mass is 9.81. The summed E-state index contributed by atoms with van der Waals surface area (Å²) in [6, 6.07) is 19.5. The Kier molecular flexibility index (Phi) is 3.88. The minimum absolute atomic E-state index is 0.150. The molecule has 0 fully saturated rings. The van der Waals surface area contributed by atoms with E-state index in [2.05, 4.69) is 54.6 Å². The van der Waals surface area contributed by atoms with Crippen LogP contribution in [0, 0.1) is 0 Å². The molecule has 1 atom stereocenters. The summed E-state index contributed by atoms with van der Waals surface area (Å²) in [5.74, 6) is 0. The van der Waals surface area contributed by atoms with Gasteiger partial charge in [-0.15, -0.1) is 0 Å². The van der Waals surface area contributed by atoms with Crippen LogP contribution in [0.15, 0.2) is 54.6 Å². The fraction of sp³-hybridized carbons (Fsp3) is 0.368. The average Bonchev–Trinajstić information content (AvgIpc) is 2.67. The van der Waals surface area contributed by atoms with Crippen LogP contribution in [0.1, 0.15) is 42.4 Å². The molecule has 0 heterocycles. The van der Waals surface area contributed by atoms with Crippen LogP contribution in [0.25, 0.3) is 0 Å². The molecule has 0 aromatic heterocycles. The number of fused-ring (bicyclic) bond motifs is 1. The highest BCUT2D eigenvalue weighted by atomic mass is 14.7. The average molecular weight is 265 g/mol. The summed E-state index contributed by atoms with van der Waals surface area (Å²) in [6.07, 6.45) is 6.89. The third kappa shape index (κ3) is 2.78. The number of hydrogen-bond acceptors (Lipinski definition) is 1. The first-order chi connectivity index (χ1) is 9.78. The van der Waals surface area contributed by atoms with E-state index in [9.17, 15) is 0 Å². The molecular weight excluding hydrogens is 242 g/mol. The summed E-state index contributed by atoms with van der Waals surface area (Å²) >= 11 is 0. The number of benzene rings is 2. The molecule has 1 heteroatoms. The van der Waals surface area contributed by atoms with Gasteiger partial charge in [-0.3, -0.25) is 0 Å². The molecule has 3 rings (SSSR count). The van der Waals surface area contributed by atoms with Gasteiger partial charge >= 0.3 is 0 Å². The number of hydrogen-bond donors (Lipinski definition) is 1. The smallest absolute Gasteiger partial charge is 0.0415 e. The van der Waals surface area contributed by atoms with Gasteiger partial charge in [-0.05, 0) is 48.8 Å². The van der Waals surface area contributed by atoms with Crippen LogP contribution in [0.2, 0.25) is 0 Å². The van der Waals surface area contributed by atoms with Crippen LogP contribution < -0.4 is 5.73 Å². The lowest BCUT2D eigenvalue weighted by Gasteiger charge is -2.30. The van der Waals surface area contributed by atoms with Gasteiger partial charge in [0.05, 0.1) is 0 Å². The van der Waals surface area contributed by atoms with Crippen molar-refractivity contribution in [1.29, 1.82) is 0 Å². The Labute approximate surface area is 121 Å². The fourth-order valence-corrected chi connectivity index (χ4v) is 3.39. The van der Waals surface area contributed by atoms with E-state index in [0.717, 1.165) is 19.3 Å². The molecule has 2 aromatic carbocycles. The van der Waals surface area contributed by atoms with Crippen molar-refractivity contribution in [3.8, 4) is 0 Å². The van der Waals surface area contributed by atoms with E-state index in [0.29, 0.717) is 0 Å². The van der Waals surface area contributed by atoms with E-state index in [1.807, 2.05) is 0 Å². The van der Waals surface area contributed by atoms with Gasteiger partial charge in [-0.2, -0.15) is 0 Å². The van der Waals surface area contributed by atoms with Gasteiger partial charge in [0, 0.05) is 5.54 Å². The quantitative estimate of drug-likeness (QED) is 0.827. The molecule has 2 aromatic rings. The van der Waals surface area contributed by atoms with E-state index in [-0.39, 0.29) is 5.54 Å². The van der Waals surface area contributed by atoms with Crippen molar-refractivity contribution < 1.29 is 0 Å².